The number of hydrogen-bond donors (Lipinski definition) is 1. The summed E-state index contributed by atoms with van der Waals surface area (Å²) in [5.41, 5.74) is 0.743. The van der Waals surface area contributed by atoms with Crippen LogP contribution in [0.1, 0.15) is 0 Å². The van der Waals surface area contributed by atoms with E-state index in [1.54, 1.807) is 36.3 Å². The molecule has 0 radical (unpaired) electrons. The number of anilines is 1. The van der Waals surface area contributed by atoms with E-state index >= 15 is 0 Å². The summed E-state index contributed by atoms with van der Waals surface area (Å²) >= 11 is 0. The molecule has 3 rings (SSSR count). The van der Waals surface area contributed by atoms with Gasteiger partial charge in [-0.25, -0.2) is 0 Å². The van der Waals surface area contributed by atoms with Gasteiger partial charge in [0.05, 0.1) is 7.11 Å². The maximum absolute atomic E-state index is 12.4. The molecule has 7 nitrogen and oxygen atoms in total. The number of hydrogen-bond acceptors (Lipinski definition) is 5. The topological polar surface area (TPSA) is 79.3 Å². The third-order valence-corrected chi connectivity index (χ3v) is 4.15. The highest BCUT2D eigenvalue weighted by molar-refractivity contribution is 5.98. The zero-order chi connectivity index (χ0) is 18.5. The fraction of sp³-hybridized carbons (Fsp3) is 0.263. The SMILES string of the molecule is COc1cccc(N2CCN(C(=O)COc3ccccc3O)CC2=O)c1. The normalized spacial score (nSPS) is 14.3. The quantitative estimate of drug-likeness (QED) is 0.881. The lowest BCUT2D eigenvalue weighted by molar-refractivity contribution is -0.138. The molecular weight excluding hydrogens is 336 g/mol. The third kappa shape index (κ3) is 3.88. The van der Waals surface area contributed by atoms with Crippen LogP contribution in [0.15, 0.2) is 48.5 Å². The molecule has 26 heavy (non-hydrogen) atoms. The van der Waals surface area contributed by atoms with Crippen LogP contribution in [0.25, 0.3) is 0 Å². The average Bonchev–Trinajstić information content (AvgIpc) is 2.67. The number of phenols is 1. The van der Waals surface area contributed by atoms with Gasteiger partial charge in [0, 0.05) is 24.8 Å². The summed E-state index contributed by atoms with van der Waals surface area (Å²) in [4.78, 5) is 27.8. The highest BCUT2D eigenvalue weighted by atomic mass is 16.5. The molecule has 1 heterocycles. The zero-order valence-electron chi connectivity index (χ0n) is 14.4. The molecule has 0 saturated carbocycles. The van der Waals surface area contributed by atoms with Crippen LogP contribution in [0.5, 0.6) is 17.2 Å². The Kier molecular flexibility index (Phi) is 5.26. The van der Waals surface area contributed by atoms with E-state index in [2.05, 4.69) is 0 Å². The Balaban J connectivity index is 1.58. The van der Waals surface area contributed by atoms with Gasteiger partial charge in [-0.1, -0.05) is 18.2 Å². The summed E-state index contributed by atoms with van der Waals surface area (Å²) in [5.74, 6) is 0.415. The summed E-state index contributed by atoms with van der Waals surface area (Å²) in [6.45, 7) is 0.560. The highest BCUT2D eigenvalue weighted by Crippen LogP contribution is 2.25. The molecule has 1 aliphatic rings. The molecule has 0 spiro atoms. The van der Waals surface area contributed by atoms with E-state index in [0.29, 0.717) is 18.8 Å². The van der Waals surface area contributed by atoms with Gasteiger partial charge in [-0.15, -0.1) is 0 Å². The monoisotopic (exact) mass is 356 g/mol. The highest BCUT2D eigenvalue weighted by Gasteiger charge is 2.28. The number of carbonyl (C=O) groups is 2. The molecule has 1 aliphatic heterocycles. The van der Waals surface area contributed by atoms with Gasteiger partial charge in [-0.3, -0.25) is 9.59 Å². The molecule has 1 N–H and O–H groups in total. The Hall–Kier alpha value is -3.22. The first-order chi connectivity index (χ1) is 12.6. The van der Waals surface area contributed by atoms with E-state index in [1.165, 1.54) is 11.0 Å². The van der Waals surface area contributed by atoms with E-state index in [1.807, 2.05) is 18.2 Å². The molecule has 2 aromatic carbocycles. The Morgan fingerprint density at radius 2 is 1.96 bits per heavy atom. The van der Waals surface area contributed by atoms with Crippen LogP contribution in [-0.4, -0.2) is 55.2 Å². The molecule has 2 amide bonds. The second-order valence-electron chi connectivity index (χ2n) is 5.82. The van der Waals surface area contributed by atoms with Crippen LogP contribution in [0.2, 0.25) is 0 Å². The van der Waals surface area contributed by atoms with Crippen molar-refractivity contribution in [3.8, 4) is 17.2 Å². The lowest BCUT2D eigenvalue weighted by atomic mass is 10.2. The number of para-hydroxylation sites is 2. The van der Waals surface area contributed by atoms with Crippen molar-refractivity contribution in [1.82, 2.24) is 4.90 Å². The summed E-state index contributed by atoms with van der Waals surface area (Å²) in [7, 11) is 1.57. The van der Waals surface area contributed by atoms with Crippen LogP contribution < -0.4 is 14.4 Å². The van der Waals surface area contributed by atoms with Crippen LogP contribution in [0.3, 0.4) is 0 Å². The van der Waals surface area contributed by atoms with Crippen LogP contribution in [0.4, 0.5) is 5.69 Å². The summed E-state index contributed by atoms with van der Waals surface area (Å²) in [6, 6.07) is 13.7. The number of benzene rings is 2. The minimum Gasteiger partial charge on any atom is -0.504 e. The first kappa shape index (κ1) is 17.6. The van der Waals surface area contributed by atoms with Gasteiger partial charge in [0.25, 0.3) is 5.91 Å². The predicted octanol–water partition coefficient (Wildman–Crippen LogP) is 1.66. The Morgan fingerprint density at radius 3 is 2.69 bits per heavy atom. The number of nitrogens with zero attached hydrogens (tertiary/aromatic N) is 2. The fourth-order valence-corrected chi connectivity index (χ4v) is 2.75. The fourth-order valence-electron chi connectivity index (χ4n) is 2.75. The van der Waals surface area contributed by atoms with Crippen molar-refractivity contribution in [3.63, 3.8) is 0 Å². The second kappa shape index (κ2) is 7.77. The molecule has 7 heteroatoms. The van der Waals surface area contributed by atoms with Crippen molar-refractivity contribution in [2.24, 2.45) is 0 Å². The van der Waals surface area contributed by atoms with Crippen molar-refractivity contribution in [3.05, 3.63) is 48.5 Å². The van der Waals surface area contributed by atoms with Crippen molar-refractivity contribution >= 4 is 17.5 Å². The van der Waals surface area contributed by atoms with Crippen LogP contribution in [0, 0.1) is 0 Å². The first-order valence-electron chi connectivity index (χ1n) is 8.21. The third-order valence-electron chi connectivity index (χ3n) is 4.15. The summed E-state index contributed by atoms with van der Waals surface area (Å²) in [6.07, 6.45) is 0. The number of carbonyl (C=O) groups excluding carboxylic acids is 2. The zero-order valence-corrected chi connectivity index (χ0v) is 14.4. The van der Waals surface area contributed by atoms with E-state index in [0.717, 1.165) is 5.69 Å². The summed E-state index contributed by atoms with van der Waals surface area (Å²) in [5, 5.41) is 9.66. The van der Waals surface area contributed by atoms with Gasteiger partial charge in [0.2, 0.25) is 5.91 Å². The standard InChI is InChI=1S/C19H20N2O5/c1-25-15-6-4-5-14(11-15)21-10-9-20(12-18(21)23)19(24)13-26-17-8-3-2-7-16(17)22/h2-8,11,22H,9-10,12-13H2,1H3. The number of ether oxygens (including phenoxy) is 2. The molecule has 0 aliphatic carbocycles. The molecule has 1 fully saturated rings. The van der Waals surface area contributed by atoms with Gasteiger partial charge < -0.3 is 24.4 Å². The number of rotatable bonds is 5. The van der Waals surface area contributed by atoms with E-state index in [9.17, 15) is 14.7 Å². The van der Waals surface area contributed by atoms with Gasteiger partial charge >= 0.3 is 0 Å². The van der Waals surface area contributed by atoms with Crippen LogP contribution in [-0.2, 0) is 9.59 Å². The predicted molar refractivity (Wildman–Crippen MR) is 95.5 cm³/mol. The van der Waals surface area contributed by atoms with E-state index in [4.69, 9.17) is 9.47 Å². The molecule has 0 atom stereocenters. The molecule has 1 saturated heterocycles. The summed E-state index contributed by atoms with van der Waals surface area (Å²) < 4.78 is 10.5. The van der Waals surface area contributed by atoms with Crippen LogP contribution >= 0.6 is 0 Å². The number of piperazine rings is 1. The minimum absolute atomic E-state index is 0.0137. The van der Waals surface area contributed by atoms with E-state index < -0.39 is 0 Å². The number of methoxy groups -OCH3 is 1. The molecule has 0 aromatic heterocycles. The molecular formula is C19H20N2O5. The Bertz CT molecular complexity index is 808. The van der Waals surface area contributed by atoms with E-state index in [-0.39, 0.29) is 36.5 Å². The van der Waals surface area contributed by atoms with Crippen molar-refractivity contribution in [2.45, 2.75) is 0 Å². The van der Waals surface area contributed by atoms with Gasteiger partial charge in [-0.2, -0.15) is 0 Å². The largest absolute Gasteiger partial charge is 0.504 e. The van der Waals surface area contributed by atoms with Crippen molar-refractivity contribution in [1.29, 1.82) is 0 Å². The van der Waals surface area contributed by atoms with Gasteiger partial charge in [-0.05, 0) is 24.3 Å². The number of amides is 2. The maximum atomic E-state index is 12.4. The Morgan fingerprint density at radius 1 is 1.15 bits per heavy atom. The lowest BCUT2D eigenvalue weighted by Crippen LogP contribution is -2.53. The minimum atomic E-state index is -0.299. The average molecular weight is 356 g/mol. The van der Waals surface area contributed by atoms with Crippen molar-refractivity contribution < 1.29 is 24.2 Å². The van der Waals surface area contributed by atoms with Gasteiger partial charge in [0.1, 0.15) is 12.3 Å². The number of aromatic hydroxyl groups is 1. The second-order valence-corrected chi connectivity index (χ2v) is 5.82. The Labute approximate surface area is 151 Å². The van der Waals surface area contributed by atoms with Crippen molar-refractivity contribution in [2.75, 3.05) is 38.3 Å². The molecule has 2 aromatic rings. The molecule has 0 bridgehead atoms. The van der Waals surface area contributed by atoms with Gasteiger partial charge in [0.15, 0.2) is 18.1 Å². The maximum Gasteiger partial charge on any atom is 0.261 e. The molecule has 0 unspecified atom stereocenters. The smallest absolute Gasteiger partial charge is 0.261 e. The first-order valence-corrected chi connectivity index (χ1v) is 8.21. The molecule has 136 valence electrons. The lowest BCUT2D eigenvalue weighted by Gasteiger charge is -2.34. The number of phenolic OH excluding ortho intramolecular Hbond substituents is 1.